The molecular formula is C25H18N4O3. The van der Waals surface area contributed by atoms with Crippen molar-refractivity contribution < 1.29 is 13.7 Å². The topological polar surface area (TPSA) is 94.1 Å². The summed E-state index contributed by atoms with van der Waals surface area (Å²) in [4.78, 5) is 21.7. The van der Waals surface area contributed by atoms with Gasteiger partial charge in [-0.25, -0.2) is 4.98 Å². The number of hydrogen-bond acceptors (Lipinski definition) is 6. The SMILES string of the molecule is Cc1noc(-c2cccc(NC(=O)c3ccccc3-c3ncc(-c4ccccc4)o3)c2)n1. The highest BCUT2D eigenvalue weighted by atomic mass is 16.5. The van der Waals surface area contributed by atoms with Crippen LogP contribution in [0.4, 0.5) is 5.69 Å². The molecule has 5 rings (SSSR count). The Morgan fingerprint density at radius 2 is 1.66 bits per heavy atom. The van der Waals surface area contributed by atoms with Gasteiger partial charge in [0.2, 0.25) is 5.89 Å². The standard InChI is InChI=1S/C25H18N4O3/c1-16-27-24(32-29-16)18-10-7-11-19(14-18)28-23(30)20-12-5-6-13-21(20)25-26-15-22(31-25)17-8-3-2-4-9-17/h2-15H,1H3,(H,28,30). The van der Waals surface area contributed by atoms with Crippen LogP contribution < -0.4 is 5.32 Å². The molecule has 0 saturated heterocycles. The van der Waals surface area contributed by atoms with E-state index in [1.54, 1.807) is 37.4 Å². The van der Waals surface area contributed by atoms with E-state index in [4.69, 9.17) is 8.94 Å². The zero-order chi connectivity index (χ0) is 21.9. The second-order valence-corrected chi connectivity index (χ2v) is 7.12. The van der Waals surface area contributed by atoms with E-state index in [2.05, 4.69) is 20.4 Å². The zero-order valence-corrected chi connectivity index (χ0v) is 17.1. The highest BCUT2D eigenvalue weighted by Crippen LogP contribution is 2.29. The number of hydrogen-bond donors (Lipinski definition) is 1. The Labute approximate surface area is 183 Å². The van der Waals surface area contributed by atoms with Crippen molar-refractivity contribution in [2.24, 2.45) is 0 Å². The number of nitrogens with zero attached hydrogens (tertiary/aromatic N) is 3. The molecule has 7 heteroatoms. The fourth-order valence-electron chi connectivity index (χ4n) is 3.34. The highest BCUT2D eigenvalue weighted by molar-refractivity contribution is 6.08. The lowest BCUT2D eigenvalue weighted by molar-refractivity contribution is 0.102. The molecule has 0 unspecified atom stereocenters. The van der Waals surface area contributed by atoms with E-state index in [1.165, 1.54) is 0 Å². The molecule has 2 heterocycles. The minimum absolute atomic E-state index is 0.279. The maximum Gasteiger partial charge on any atom is 0.257 e. The number of aromatic nitrogens is 3. The third kappa shape index (κ3) is 3.91. The summed E-state index contributed by atoms with van der Waals surface area (Å²) in [7, 11) is 0. The smallest absolute Gasteiger partial charge is 0.257 e. The van der Waals surface area contributed by atoms with Crippen molar-refractivity contribution in [3.63, 3.8) is 0 Å². The third-order valence-corrected chi connectivity index (χ3v) is 4.86. The molecule has 3 aromatic carbocycles. The number of anilines is 1. The maximum atomic E-state index is 13.1. The van der Waals surface area contributed by atoms with Gasteiger partial charge in [-0.3, -0.25) is 4.79 Å². The fourth-order valence-corrected chi connectivity index (χ4v) is 3.34. The van der Waals surface area contributed by atoms with Crippen molar-refractivity contribution in [3.8, 4) is 34.2 Å². The highest BCUT2D eigenvalue weighted by Gasteiger charge is 2.17. The average molecular weight is 422 g/mol. The van der Waals surface area contributed by atoms with Crippen LogP contribution in [0, 0.1) is 6.92 Å². The number of rotatable bonds is 5. The normalized spacial score (nSPS) is 10.8. The molecule has 1 N–H and O–H groups in total. The van der Waals surface area contributed by atoms with E-state index >= 15 is 0 Å². The number of carbonyl (C=O) groups is 1. The molecule has 0 atom stereocenters. The first-order chi connectivity index (χ1) is 15.7. The van der Waals surface area contributed by atoms with Gasteiger partial charge in [-0.2, -0.15) is 4.98 Å². The lowest BCUT2D eigenvalue weighted by atomic mass is 10.1. The lowest BCUT2D eigenvalue weighted by Gasteiger charge is -2.09. The fraction of sp³-hybridized carbons (Fsp3) is 0.0400. The summed E-state index contributed by atoms with van der Waals surface area (Å²) in [6.07, 6.45) is 1.66. The molecule has 156 valence electrons. The van der Waals surface area contributed by atoms with E-state index in [0.29, 0.717) is 40.2 Å². The van der Waals surface area contributed by atoms with Gasteiger partial charge in [0.25, 0.3) is 11.8 Å². The van der Waals surface area contributed by atoms with Crippen molar-refractivity contribution in [1.82, 2.24) is 15.1 Å². The molecule has 5 aromatic rings. The van der Waals surface area contributed by atoms with Gasteiger partial charge < -0.3 is 14.3 Å². The van der Waals surface area contributed by atoms with Crippen LogP contribution >= 0.6 is 0 Å². The molecule has 32 heavy (non-hydrogen) atoms. The Morgan fingerprint density at radius 3 is 2.47 bits per heavy atom. The van der Waals surface area contributed by atoms with Crippen molar-refractivity contribution in [1.29, 1.82) is 0 Å². The maximum absolute atomic E-state index is 13.1. The van der Waals surface area contributed by atoms with Gasteiger partial charge in [0.05, 0.1) is 11.8 Å². The molecule has 0 aliphatic heterocycles. The van der Waals surface area contributed by atoms with Crippen molar-refractivity contribution >= 4 is 11.6 Å². The molecule has 0 radical (unpaired) electrons. The van der Waals surface area contributed by atoms with Crippen molar-refractivity contribution in [2.45, 2.75) is 6.92 Å². The Kier molecular flexibility index (Phi) is 5.05. The van der Waals surface area contributed by atoms with E-state index in [-0.39, 0.29) is 5.91 Å². The molecule has 0 bridgehead atoms. The molecule has 0 aliphatic carbocycles. The van der Waals surface area contributed by atoms with E-state index < -0.39 is 0 Å². The second kappa shape index (κ2) is 8.31. The number of amides is 1. The summed E-state index contributed by atoms with van der Waals surface area (Å²) < 4.78 is 11.2. The minimum atomic E-state index is -0.279. The number of carbonyl (C=O) groups excluding carboxylic acids is 1. The summed E-state index contributed by atoms with van der Waals surface area (Å²) in [5, 5.41) is 6.73. The van der Waals surface area contributed by atoms with Crippen LogP contribution in [0.2, 0.25) is 0 Å². The predicted molar refractivity (Wildman–Crippen MR) is 120 cm³/mol. The average Bonchev–Trinajstić information content (AvgIpc) is 3.49. The summed E-state index contributed by atoms with van der Waals surface area (Å²) >= 11 is 0. The second-order valence-electron chi connectivity index (χ2n) is 7.12. The van der Waals surface area contributed by atoms with Crippen molar-refractivity contribution in [3.05, 3.63) is 96.4 Å². The molecule has 1 amide bonds. The summed E-state index contributed by atoms with van der Waals surface area (Å²) in [6, 6.07) is 24.1. The van der Waals surface area contributed by atoms with E-state index in [1.807, 2.05) is 54.6 Å². The third-order valence-electron chi connectivity index (χ3n) is 4.86. The van der Waals surface area contributed by atoms with E-state index in [0.717, 1.165) is 11.1 Å². The molecule has 7 nitrogen and oxygen atoms in total. The lowest BCUT2D eigenvalue weighted by Crippen LogP contribution is -2.13. The first-order valence-corrected chi connectivity index (χ1v) is 10.00. The monoisotopic (exact) mass is 422 g/mol. The van der Waals surface area contributed by atoms with Gasteiger partial charge in [-0.1, -0.05) is 53.7 Å². The predicted octanol–water partition coefficient (Wildman–Crippen LogP) is 5.62. The van der Waals surface area contributed by atoms with Gasteiger partial charge in [-0.15, -0.1) is 0 Å². The Morgan fingerprint density at radius 1 is 0.875 bits per heavy atom. The van der Waals surface area contributed by atoms with E-state index in [9.17, 15) is 4.79 Å². The summed E-state index contributed by atoms with van der Waals surface area (Å²) in [6.45, 7) is 1.75. The number of benzene rings is 3. The minimum Gasteiger partial charge on any atom is -0.436 e. The molecule has 0 aliphatic rings. The summed E-state index contributed by atoms with van der Waals surface area (Å²) in [5.74, 6) is 1.68. The molecule has 0 saturated carbocycles. The molecule has 0 fully saturated rings. The van der Waals surface area contributed by atoms with Gasteiger partial charge in [0.1, 0.15) is 0 Å². The molecule has 0 spiro atoms. The van der Waals surface area contributed by atoms with Gasteiger partial charge in [0, 0.05) is 22.4 Å². The van der Waals surface area contributed by atoms with Gasteiger partial charge in [-0.05, 0) is 37.3 Å². The Hall–Kier alpha value is -4.52. The van der Waals surface area contributed by atoms with Crippen LogP contribution in [-0.2, 0) is 0 Å². The van der Waals surface area contributed by atoms with Crippen LogP contribution in [0.15, 0.2) is 94.0 Å². The Balaban J connectivity index is 1.42. The Bertz CT molecular complexity index is 1390. The number of aryl methyl sites for hydroxylation is 1. The first kappa shape index (κ1) is 19.4. The van der Waals surface area contributed by atoms with Gasteiger partial charge >= 0.3 is 0 Å². The molecule has 2 aromatic heterocycles. The number of nitrogens with one attached hydrogen (secondary N) is 1. The van der Waals surface area contributed by atoms with Crippen molar-refractivity contribution in [2.75, 3.05) is 5.32 Å². The quantitative estimate of drug-likeness (QED) is 0.395. The van der Waals surface area contributed by atoms with Crippen LogP contribution in [0.5, 0.6) is 0 Å². The largest absolute Gasteiger partial charge is 0.436 e. The molecular weight excluding hydrogens is 404 g/mol. The van der Waals surface area contributed by atoms with Crippen LogP contribution in [0.1, 0.15) is 16.2 Å². The zero-order valence-electron chi connectivity index (χ0n) is 17.1. The first-order valence-electron chi connectivity index (χ1n) is 10.00. The van der Waals surface area contributed by atoms with Gasteiger partial charge in [0.15, 0.2) is 11.6 Å². The van der Waals surface area contributed by atoms with Crippen LogP contribution in [-0.4, -0.2) is 21.0 Å². The number of oxazole rings is 1. The van der Waals surface area contributed by atoms with Crippen LogP contribution in [0.3, 0.4) is 0 Å². The summed E-state index contributed by atoms with van der Waals surface area (Å²) in [5.41, 5.74) is 3.30. The van der Waals surface area contributed by atoms with Crippen LogP contribution in [0.25, 0.3) is 34.2 Å².